The number of carbonyl (C=O) groups is 2. The maximum Gasteiger partial charge on any atom is 0.350 e. The van der Waals surface area contributed by atoms with Crippen LogP contribution in [0.2, 0.25) is 0 Å². The fourth-order valence-corrected chi connectivity index (χ4v) is 6.29. The first-order valence-electron chi connectivity index (χ1n) is 18.0. The molecule has 0 fully saturated rings. The highest BCUT2D eigenvalue weighted by molar-refractivity contribution is 5.93. The van der Waals surface area contributed by atoms with E-state index in [1.807, 2.05) is 35.1 Å². The van der Waals surface area contributed by atoms with Crippen molar-refractivity contribution in [2.75, 3.05) is 12.5 Å². The second-order valence-electron chi connectivity index (χ2n) is 13.7. The molecule has 0 aliphatic heterocycles. The van der Waals surface area contributed by atoms with Crippen molar-refractivity contribution in [2.45, 2.75) is 53.9 Å². The summed E-state index contributed by atoms with van der Waals surface area (Å²) in [5.41, 5.74) is 16.1. The Labute approximate surface area is 321 Å². The molecule has 282 valence electrons. The lowest BCUT2D eigenvalue weighted by Crippen LogP contribution is -2.36. The number of ether oxygens (including phenoxy) is 4. The number of hydrogen-bond donors (Lipinski definition) is 2. The lowest BCUT2D eigenvalue weighted by atomic mass is 10.1. The van der Waals surface area contributed by atoms with Gasteiger partial charge in [-0.25, -0.2) is 9.59 Å². The van der Waals surface area contributed by atoms with Crippen LogP contribution in [-0.2, 0) is 38.0 Å². The van der Waals surface area contributed by atoms with Crippen LogP contribution in [0.1, 0.15) is 65.2 Å². The summed E-state index contributed by atoms with van der Waals surface area (Å²) in [6.07, 6.45) is 1.81. The van der Waals surface area contributed by atoms with Crippen LogP contribution in [0.3, 0.4) is 0 Å². The molecular weight excluding hydrogens is 695 g/mol. The van der Waals surface area contributed by atoms with Crippen molar-refractivity contribution in [3.8, 4) is 17.4 Å². The van der Waals surface area contributed by atoms with Gasteiger partial charge in [0.25, 0.3) is 0 Å². The van der Waals surface area contributed by atoms with Crippen LogP contribution in [-0.4, -0.2) is 28.6 Å². The number of hydrogen-bond acceptors (Lipinski definition) is 9. The maximum atomic E-state index is 12.9. The molecular formula is C44H46N5O6+. The normalized spacial score (nSPS) is 10.9. The predicted molar refractivity (Wildman–Crippen MR) is 209 cm³/mol. The van der Waals surface area contributed by atoms with Crippen LogP contribution in [0.5, 0.6) is 17.4 Å². The van der Waals surface area contributed by atoms with Gasteiger partial charge in [-0.3, -0.25) is 0 Å². The second kappa shape index (κ2) is 17.6. The lowest BCUT2D eigenvalue weighted by molar-refractivity contribution is -0.747. The third-order valence-electron chi connectivity index (χ3n) is 8.76. The van der Waals surface area contributed by atoms with Gasteiger partial charge in [-0.1, -0.05) is 82.9 Å². The van der Waals surface area contributed by atoms with Crippen LogP contribution in [0.15, 0.2) is 109 Å². The average molecular weight is 741 g/mol. The van der Waals surface area contributed by atoms with Gasteiger partial charge in [-0.15, -0.1) is 9.36 Å². The summed E-state index contributed by atoms with van der Waals surface area (Å²) in [4.78, 5) is 25.7. The van der Waals surface area contributed by atoms with E-state index in [2.05, 4.69) is 74.6 Å². The molecule has 5 aromatic carbocycles. The number of nitrogens with one attached hydrogen (secondary N) is 1. The highest BCUT2D eigenvalue weighted by Gasteiger charge is 2.17. The van der Waals surface area contributed by atoms with E-state index in [0.29, 0.717) is 23.7 Å². The van der Waals surface area contributed by atoms with Crippen molar-refractivity contribution in [1.82, 2.24) is 15.2 Å². The highest BCUT2D eigenvalue weighted by Crippen LogP contribution is 2.25. The minimum atomic E-state index is -0.614. The van der Waals surface area contributed by atoms with Crippen molar-refractivity contribution in [2.24, 2.45) is 7.05 Å². The van der Waals surface area contributed by atoms with Crippen LogP contribution in [0, 0.1) is 27.7 Å². The lowest BCUT2D eigenvalue weighted by Gasteiger charge is -2.11. The Balaban J connectivity index is 0.930. The van der Waals surface area contributed by atoms with Crippen LogP contribution < -0.4 is 29.9 Å². The van der Waals surface area contributed by atoms with Crippen molar-refractivity contribution < 1.29 is 33.2 Å². The molecule has 6 rings (SSSR count). The fourth-order valence-electron chi connectivity index (χ4n) is 6.29. The number of anilines is 1. The summed E-state index contributed by atoms with van der Waals surface area (Å²) >= 11 is 0. The average Bonchev–Trinajstić information content (AvgIpc) is 3.49. The zero-order valence-corrected chi connectivity index (χ0v) is 31.8. The number of carbonyl (C=O) groups excluding carboxylic acids is 2. The molecule has 0 radical (unpaired) electrons. The fraction of sp³-hybridized carbons (Fsp3) is 0.227. The standard InChI is InChI=1S/C44H46N5O6/c1-29-16-30(2)19-35(18-29)24-46-23-33-6-8-34(9-7-33)27-52-43(50)38-12-15-41(40(45)22-38)55-44(51)37-10-13-39(14-11-37)53-28-54-42-26-49(47-48(42)5)25-36-20-31(3)17-32(4)21-36/h6-22,26,46H,23-25,27-28,45H2,1-5H3/q+1. The maximum absolute atomic E-state index is 12.9. The topological polar surface area (TPSA) is 131 Å². The number of aromatic nitrogens is 3. The van der Waals surface area contributed by atoms with E-state index in [9.17, 15) is 9.59 Å². The van der Waals surface area contributed by atoms with Gasteiger partial charge in [-0.05, 0) is 92.4 Å². The SMILES string of the molecule is Cc1cc(C)cc(CNCc2ccc(COC(=O)c3ccc(OC(=O)c4ccc(OCOc5c[n+](Cc6cc(C)cc(C)c6)nn5C)cc4)c(N)c3)cc2)c1. The molecule has 0 saturated heterocycles. The monoisotopic (exact) mass is 740 g/mol. The van der Waals surface area contributed by atoms with E-state index >= 15 is 0 Å². The van der Waals surface area contributed by atoms with Gasteiger partial charge in [0.15, 0.2) is 5.75 Å². The zero-order chi connectivity index (χ0) is 38.9. The quantitative estimate of drug-likeness (QED) is 0.0382. The molecule has 11 heteroatoms. The predicted octanol–water partition coefficient (Wildman–Crippen LogP) is 6.85. The summed E-state index contributed by atoms with van der Waals surface area (Å²) in [7, 11) is 1.80. The number of esters is 2. The molecule has 0 spiro atoms. The molecule has 6 aromatic rings. The molecule has 0 bridgehead atoms. The Morgan fingerprint density at radius 2 is 1.29 bits per heavy atom. The van der Waals surface area contributed by atoms with Gasteiger partial charge < -0.3 is 30.0 Å². The molecule has 0 aliphatic rings. The molecule has 0 amide bonds. The Morgan fingerprint density at radius 1 is 0.691 bits per heavy atom. The van der Waals surface area contributed by atoms with Gasteiger partial charge in [-0.2, -0.15) is 0 Å². The molecule has 0 aliphatic carbocycles. The minimum Gasteiger partial charge on any atom is -0.457 e. The van der Waals surface area contributed by atoms with Gasteiger partial charge in [0, 0.05) is 13.1 Å². The number of nitrogens with two attached hydrogens (primary N) is 1. The molecule has 0 atom stereocenters. The molecule has 0 saturated carbocycles. The van der Waals surface area contributed by atoms with E-state index in [4.69, 9.17) is 24.7 Å². The molecule has 3 N–H and O–H groups in total. The van der Waals surface area contributed by atoms with Crippen molar-refractivity contribution in [3.05, 3.63) is 165 Å². The first kappa shape index (κ1) is 38.3. The van der Waals surface area contributed by atoms with Crippen molar-refractivity contribution >= 4 is 17.6 Å². The Kier molecular flexibility index (Phi) is 12.2. The zero-order valence-electron chi connectivity index (χ0n) is 31.8. The molecule has 1 heterocycles. The Bertz CT molecular complexity index is 2240. The van der Waals surface area contributed by atoms with E-state index in [0.717, 1.165) is 29.8 Å². The van der Waals surface area contributed by atoms with Crippen molar-refractivity contribution in [3.63, 3.8) is 0 Å². The molecule has 0 unspecified atom stereocenters. The smallest absolute Gasteiger partial charge is 0.350 e. The molecule has 55 heavy (non-hydrogen) atoms. The first-order chi connectivity index (χ1) is 26.5. The van der Waals surface area contributed by atoms with E-state index < -0.39 is 11.9 Å². The third kappa shape index (κ3) is 10.8. The number of benzene rings is 5. The largest absolute Gasteiger partial charge is 0.457 e. The van der Waals surface area contributed by atoms with E-state index in [1.54, 1.807) is 36.0 Å². The van der Waals surface area contributed by atoms with Crippen LogP contribution >= 0.6 is 0 Å². The van der Waals surface area contributed by atoms with Crippen LogP contribution in [0.25, 0.3) is 0 Å². The number of nitrogen functional groups attached to an aromatic ring is 1. The van der Waals surface area contributed by atoms with E-state index in [-0.39, 0.29) is 30.4 Å². The van der Waals surface area contributed by atoms with Crippen molar-refractivity contribution in [1.29, 1.82) is 0 Å². The summed E-state index contributed by atoms with van der Waals surface area (Å²) < 4.78 is 26.0. The molecule has 1 aromatic heterocycles. The van der Waals surface area contributed by atoms with Gasteiger partial charge in [0.1, 0.15) is 25.9 Å². The summed E-state index contributed by atoms with van der Waals surface area (Å²) in [5, 5.41) is 7.96. The Morgan fingerprint density at radius 3 is 1.95 bits per heavy atom. The first-order valence-corrected chi connectivity index (χ1v) is 18.0. The van der Waals surface area contributed by atoms with Gasteiger partial charge in [0.05, 0.1) is 22.0 Å². The van der Waals surface area contributed by atoms with Crippen LogP contribution in [0.4, 0.5) is 5.69 Å². The Hall–Kier alpha value is -6.46. The number of rotatable bonds is 15. The summed E-state index contributed by atoms with van der Waals surface area (Å²) in [5.74, 6) is 0.0179. The number of aryl methyl sites for hydroxylation is 5. The number of nitrogens with zero attached hydrogens (tertiary/aromatic N) is 3. The highest BCUT2D eigenvalue weighted by atomic mass is 16.7. The van der Waals surface area contributed by atoms with Gasteiger partial charge in [0.2, 0.25) is 13.0 Å². The van der Waals surface area contributed by atoms with Gasteiger partial charge >= 0.3 is 17.8 Å². The minimum absolute atomic E-state index is 0.0582. The van der Waals surface area contributed by atoms with E-state index in [1.165, 1.54) is 46.0 Å². The summed E-state index contributed by atoms with van der Waals surface area (Å²) in [6, 6.07) is 31.7. The second-order valence-corrected chi connectivity index (χ2v) is 13.7. The third-order valence-corrected chi connectivity index (χ3v) is 8.76. The molecule has 11 nitrogen and oxygen atoms in total. The summed E-state index contributed by atoms with van der Waals surface area (Å²) in [6.45, 7) is 10.5.